The molecular formula is C21H26N6OS. The van der Waals surface area contributed by atoms with Gasteiger partial charge in [0.05, 0.1) is 10.6 Å². The average molecular weight is 411 g/mol. The van der Waals surface area contributed by atoms with Gasteiger partial charge in [-0.1, -0.05) is 6.07 Å². The highest BCUT2D eigenvalue weighted by molar-refractivity contribution is 7.22. The molecule has 7 nitrogen and oxygen atoms in total. The number of benzene rings is 1. The monoisotopic (exact) mass is 410 g/mol. The number of piperazine rings is 1. The summed E-state index contributed by atoms with van der Waals surface area (Å²) in [6.45, 7) is 7.40. The fraction of sp³-hybridized carbons (Fsp3) is 0.381. The molecule has 8 heteroatoms. The molecule has 1 atom stereocenters. The Labute approximate surface area is 174 Å². The van der Waals surface area contributed by atoms with Gasteiger partial charge >= 0.3 is 0 Å². The van der Waals surface area contributed by atoms with Crippen molar-refractivity contribution in [2.45, 2.75) is 19.4 Å². The molecule has 152 valence electrons. The molecule has 1 aromatic carbocycles. The van der Waals surface area contributed by atoms with Gasteiger partial charge in [-0.3, -0.25) is 9.69 Å². The number of primary amides is 1. The highest BCUT2D eigenvalue weighted by atomic mass is 32.1. The van der Waals surface area contributed by atoms with Crippen LogP contribution in [0.4, 0.5) is 5.95 Å². The molecule has 0 saturated carbocycles. The van der Waals surface area contributed by atoms with E-state index < -0.39 is 5.91 Å². The topological polar surface area (TPSA) is 96.2 Å². The van der Waals surface area contributed by atoms with Crippen molar-refractivity contribution in [1.29, 1.82) is 0 Å². The van der Waals surface area contributed by atoms with Crippen LogP contribution in [-0.4, -0.2) is 59.5 Å². The molecule has 1 amide bonds. The summed E-state index contributed by atoms with van der Waals surface area (Å²) in [4.78, 5) is 24.2. The number of hydrogen-bond acceptors (Lipinski definition) is 7. The minimum atomic E-state index is -0.413. The molecule has 1 aliphatic heterocycles. The Hall–Kier alpha value is -2.55. The van der Waals surface area contributed by atoms with E-state index in [0.717, 1.165) is 59.8 Å². The zero-order valence-corrected chi connectivity index (χ0v) is 17.3. The third kappa shape index (κ3) is 4.55. The van der Waals surface area contributed by atoms with Gasteiger partial charge in [-0.25, -0.2) is 9.97 Å². The normalized spacial score (nSPS) is 17.5. The maximum atomic E-state index is 11.7. The van der Waals surface area contributed by atoms with Gasteiger partial charge in [0.1, 0.15) is 0 Å². The number of nitrogens with zero attached hydrogens (tertiary/aromatic N) is 3. The van der Waals surface area contributed by atoms with Gasteiger partial charge in [-0.15, -0.1) is 11.3 Å². The van der Waals surface area contributed by atoms with Crippen molar-refractivity contribution in [3.63, 3.8) is 0 Å². The molecule has 0 bridgehead atoms. The van der Waals surface area contributed by atoms with E-state index in [0.29, 0.717) is 17.6 Å². The fourth-order valence-corrected chi connectivity index (χ4v) is 4.74. The number of thiophene rings is 1. The first-order valence-electron chi connectivity index (χ1n) is 9.96. The molecule has 0 radical (unpaired) electrons. The van der Waals surface area contributed by atoms with Crippen LogP contribution in [0.1, 0.15) is 23.7 Å². The number of nitrogens with one attached hydrogen (secondary N) is 2. The van der Waals surface area contributed by atoms with Crippen LogP contribution >= 0.6 is 11.3 Å². The molecule has 3 heterocycles. The van der Waals surface area contributed by atoms with Crippen LogP contribution in [0.15, 0.2) is 36.5 Å². The number of carbonyl (C=O) groups is 1. The van der Waals surface area contributed by atoms with Gasteiger partial charge < -0.3 is 16.4 Å². The molecule has 1 saturated heterocycles. The Bertz CT molecular complexity index is 1000. The lowest BCUT2D eigenvalue weighted by atomic mass is 10.1. The zero-order valence-electron chi connectivity index (χ0n) is 16.5. The second kappa shape index (κ2) is 8.86. The van der Waals surface area contributed by atoms with Crippen molar-refractivity contribution < 1.29 is 4.79 Å². The summed E-state index contributed by atoms with van der Waals surface area (Å²) >= 11 is 1.60. The number of hydrogen-bond donors (Lipinski definition) is 3. The maximum absolute atomic E-state index is 11.7. The minimum Gasteiger partial charge on any atom is -0.366 e. The van der Waals surface area contributed by atoms with Gasteiger partial charge in [-0.05, 0) is 37.6 Å². The number of nitrogens with two attached hydrogens (primary N) is 1. The van der Waals surface area contributed by atoms with Crippen molar-refractivity contribution in [2.24, 2.45) is 5.73 Å². The SMILES string of the molecule is C[C@@H]1CNCCN1CCCNc1nccc(-c2cc3c(C(N)=O)cccc3s2)n1. The first-order chi connectivity index (χ1) is 14.1. The first kappa shape index (κ1) is 19.8. The summed E-state index contributed by atoms with van der Waals surface area (Å²) in [5.74, 6) is 0.215. The maximum Gasteiger partial charge on any atom is 0.249 e. The summed E-state index contributed by atoms with van der Waals surface area (Å²) in [6.07, 6.45) is 2.81. The zero-order chi connectivity index (χ0) is 20.2. The quantitative estimate of drug-likeness (QED) is 0.518. The first-order valence-corrected chi connectivity index (χ1v) is 10.8. The van der Waals surface area contributed by atoms with E-state index in [1.807, 2.05) is 24.3 Å². The van der Waals surface area contributed by atoms with E-state index in [4.69, 9.17) is 5.73 Å². The van der Waals surface area contributed by atoms with E-state index in [1.165, 1.54) is 0 Å². The molecule has 0 spiro atoms. The Kier molecular flexibility index (Phi) is 6.03. The molecule has 1 fully saturated rings. The van der Waals surface area contributed by atoms with Crippen LogP contribution < -0.4 is 16.4 Å². The van der Waals surface area contributed by atoms with Crippen LogP contribution in [0.2, 0.25) is 0 Å². The molecule has 4 rings (SSSR count). The number of aromatic nitrogens is 2. The molecule has 29 heavy (non-hydrogen) atoms. The Morgan fingerprint density at radius 2 is 2.31 bits per heavy atom. The Morgan fingerprint density at radius 1 is 1.41 bits per heavy atom. The predicted octanol–water partition coefficient (Wildman–Crippen LogP) is 2.55. The molecule has 4 N–H and O–H groups in total. The molecule has 0 unspecified atom stereocenters. The van der Waals surface area contributed by atoms with E-state index in [2.05, 4.69) is 32.4 Å². The molecule has 0 aliphatic carbocycles. The van der Waals surface area contributed by atoms with Gasteiger partial charge in [0.2, 0.25) is 11.9 Å². The highest BCUT2D eigenvalue weighted by Crippen LogP contribution is 2.34. The predicted molar refractivity (Wildman–Crippen MR) is 118 cm³/mol. The van der Waals surface area contributed by atoms with Crippen molar-refractivity contribution in [3.8, 4) is 10.6 Å². The summed E-state index contributed by atoms with van der Waals surface area (Å²) in [5.41, 5.74) is 6.89. The van der Waals surface area contributed by atoms with E-state index in [1.54, 1.807) is 23.6 Å². The van der Waals surface area contributed by atoms with Gasteiger partial charge in [0, 0.05) is 60.6 Å². The standard InChI is InChI=1S/C21H26N6OS/c1-14-13-23-9-11-27(14)10-3-7-24-21-25-8-6-17(26-21)19-12-16-15(20(22)28)4-2-5-18(16)29-19/h2,4-6,8,12,14,23H,3,7,9-11,13H2,1H3,(H2,22,28)(H,24,25,26)/t14-/m1/s1. The van der Waals surface area contributed by atoms with Gasteiger partial charge in [-0.2, -0.15) is 0 Å². The van der Waals surface area contributed by atoms with Crippen LogP contribution in [0, 0.1) is 0 Å². The molecule has 1 aliphatic rings. The minimum absolute atomic E-state index is 0.413. The van der Waals surface area contributed by atoms with Gasteiger partial charge in [0.25, 0.3) is 0 Å². The molecule has 2 aromatic heterocycles. The lowest BCUT2D eigenvalue weighted by Gasteiger charge is -2.33. The van der Waals surface area contributed by atoms with Crippen molar-refractivity contribution in [2.75, 3.05) is 38.0 Å². The third-order valence-electron chi connectivity index (χ3n) is 5.28. The fourth-order valence-electron chi connectivity index (χ4n) is 3.68. The van der Waals surface area contributed by atoms with Gasteiger partial charge in [0.15, 0.2) is 0 Å². The van der Waals surface area contributed by atoms with Crippen LogP contribution in [0.3, 0.4) is 0 Å². The van der Waals surface area contributed by atoms with E-state index in [-0.39, 0.29) is 0 Å². The molecular weight excluding hydrogens is 384 g/mol. The smallest absolute Gasteiger partial charge is 0.249 e. The number of fused-ring (bicyclic) bond motifs is 1. The number of rotatable bonds is 7. The molecule has 3 aromatic rings. The third-order valence-corrected chi connectivity index (χ3v) is 6.40. The van der Waals surface area contributed by atoms with Crippen molar-refractivity contribution >= 4 is 33.3 Å². The van der Waals surface area contributed by atoms with Crippen molar-refractivity contribution in [3.05, 3.63) is 42.1 Å². The summed E-state index contributed by atoms with van der Waals surface area (Å²) in [5, 5.41) is 7.63. The second-order valence-corrected chi connectivity index (χ2v) is 8.41. The number of anilines is 1. The number of amides is 1. The summed E-state index contributed by atoms with van der Waals surface area (Å²) in [7, 11) is 0. The lowest BCUT2D eigenvalue weighted by molar-refractivity contribution is 0.100. The second-order valence-electron chi connectivity index (χ2n) is 7.33. The average Bonchev–Trinajstić information content (AvgIpc) is 3.17. The Balaban J connectivity index is 1.42. The Morgan fingerprint density at radius 3 is 3.14 bits per heavy atom. The highest BCUT2D eigenvalue weighted by Gasteiger charge is 2.17. The lowest BCUT2D eigenvalue weighted by Crippen LogP contribution is -2.50. The largest absolute Gasteiger partial charge is 0.366 e. The van der Waals surface area contributed by atoms with E-state index in [9.17, 15) is 4.79 Å². The summed E-state index contributed by atoms with van der Waals surface area (Å²) in [6, 6.07) is 10.1. The number of carbonyl (C=O) groups excluding carboxylic acids is 1. The van der Waals surface area contributed by atoms with Crippen LogP contribution in [0.25, 0.3) is 20.7 Å². The summed E-state index contributed by atoms with van der Waals surface area (Å²) < 4.78 is 1.02. The van der Waals surface area contributed by atoms with Crippen LogP contribution in [0.5, 0.6) is 0 Å². The van der Waals surface area contributed by atoms with Crippen molar-refractivity contribution in [1.82, 2.24) is 20.2 Å². The van der Waals surface area contributed by atoms with E-state index >= 15 is 0 Å². The van der Waals surface area contributed by atoms with Crippen LogP contribution in [-0.2, 0) is 0 Å².